The molecule has 0 heterocycles. The molecule has 0 radical (unpaired) electrons. The van der Waals surface area contributed by atoms with Crippen molar-refractivity contribution >= 4 is 5.91 Å². The molecule has 0 aromatic heterocycles. The van der Waals surface area contributed by atoms with Crippen LogP contribution < -0.4 is 5.32 Å². The van der Waals surface area contributed by atoms with E-state index in [1.54, 1.807) is 6.92 Å². The van der Waals surface area contributed by atoms with Gasteiger partial charge in [0, 0.05) is 12.6 Å². The Morgan fingerprint density at radius 3 is 2.50 bits per heavy atom. The van der Waals surface area contributed by atoms with E-state index in [0.717, 1.165) is 19.4 Å². The number of unbranched alkanes of at least 4 members (excludes halogenated alkanes) is 1. The van der Waals surface area contributed by atoms with Crippen LogP contribution in [0.3, 0.4) is 0 Å². The van der Waals surface area contributed by atoms with Gasteiger partial charge in [-0.3, -0.25) is 4.79 Å². The van der Waals surface area contributed by atoms with Gasteiger partial charge in [-0.05, 0) is 53.6 Å². The van der Waals surface area contributed by atoms with E-state index in [9.17, 15) is 4.79 Å². The third kappa shape index (κ3) is 5.50. The van der Waals surface area contributed by atoms with E-state index >= 15 is 0 Å². The molecule has 1 amide bonds. The van der Waals surface area contributed by atoms with Gasteiger partial charge in [0.2, 0.25) is 5.91 Å². The third-order valence-corrected chi connectivity index (χ3v) is 3.56. The van der Waals surface area contributed by atoms with Crippen LogP contribution in [0.2, 0.25) is 0 Å². The molecule has 104 valence electrons. The maximum Gasteiger partial charge on any atom is 0.240 e. The van der Waals surface area contributed by atoms with Crippen molar-refractivity contribution < 1.29 is 4.79 Å². The molecule has 0 saturated carbocycles. The molecular formula is C14H27N3O. The second kappa shape index (κ2) is 8.10. The monoisotopic (exact) mass is 253 g/mol. The van der Waals surface area contributed by atoms with Gasteiger partial charge in [-0.1, -0.05) is 6.92 Å². The highest BCUT2D eigenvalue weighted by Gasteiger charge is 2.30. The van der Waals surface area contributed by atoms with Crippen molar-refractivity contribution in [2.45, 2.75) is 53.0 Å². The summed E-state index contributed by atoms with van der Waals surface area (Å²) in [7, 11) is 2.10. The zero-order chi connectivity index (χ0) is 14.2. The maximum atomic E-state index is 11.8. The molecule has 0 aromatic rings. The molecule has 4 heteroatoms. The first kappa shape index (κ1) is 16.9. The number of nitriles is 1. The molecular weight excluding hydrogens is 226 g/mol. The van der Waals surface area contributed by atoms with Crippen molar-refractivity contribution in [3.05, 3.63) is 0 Å². The Labute approximate surface area is 111 Å². The molecule has 4 nitrogen and oxygen atoms in total. The average molecular weight is 253 g/mol. The Kier molecular flexibility index (Phi) is 7.61. The molecule has 0 saturated heterocycles. The van der Waals surface area contributed by atoms with Crippen molar-refractivity contribution in [2.75, 3.05) is 20.1 Å². The van der Waals surface area contributed by atoms with Crippen LogP contribution in [-0.4, -0.2) is 37.0 Å². The van der Waals surface area contributed by atoms with Crippen molar-refractivity contribution in [1.82, 2.24) is 10.2 Å². The second-order valence-electron chi connectivity index (χ2n) is 5.33. The van der Waals surface area contributed by atoms with Crippen LogP contribution in [0.1, 0.15) is 47.0 Å². The highest BCUT2D eigenvalue weighted by Crippen LogP contribution is 2.19. The minimum absolute atomic E-state index is 0.148. The summed E-state index contributed by atoms with van der Waals surface area (Å²) >= 11 is 0. The Balaban J connectivity index is 3.80. The smallest absolute Gasteiger partial charge is 0.240 e. The molecule has 1 unspecified atom stereocenters. The maximum absolute atomic E-state index is 11.8. The molecule has 0 aliphatic rings. The second-order valence-corrected chi connectivity index (χ2v) is 5.33. The average Bonchev–Trinajstić information content (AvgIpc) is 2.36. The fourth-order valence-electron chi connectivity index (χ4n) is 1.43. The lowest BCUT2D eigenvalue weighted by Gasteiger charge is -2.21. The number of carbonyl (C=O) groups excluding carboxylic acids is 1. The first-order valence-corrected chi connectivity index (χ1v) is 6.77. The van der Waals surface area contributed by atoms with E-state index in [1.807, 2.05) is 6.92 Å². The molecule has 0 aliphatic heterocycles. The fraction of sp³-hybridized carbons (Fsp3) is 0.857. The van der Waals surface area contributed by atoms with Gasteiger partial charge in [-0.25, -0.2) is 0 Å². The van der Waals surface area contributed by atoms with Crippen LogP contribution in [-0.2, 0) is 4.79 Å². The highest BCUT2D eigenvalue weighted by atomic mass is 16.2. The fourth-order valence-corrected chi connectivity index (χ4v) is 1.43. The summed E-state index contributed by atoms with van der Waals surface area (Å²) in [5, 5.41) is 11.8. The quantitative estimate of drug-likeness (QED) is 0.674. The van der Waals surface area contributed by atoms with Crippen LogP contribution in [0.15, 0.2) is 0 Å². The highest BCUT2D eigenvalue weighted by molar-refractivity contribution is 5.84. The van der Waals surface area contributed by atoms with Crippen molar-refractivity contribution in [2.24, 2.45) is 5.41 Å². The Morgan fingerprint density at radius 1 is 1.44 bits per heavy atom. The predicted molar refractivity (Wildman–Crippen MR) is 74.0 cm³/mol. The zero-order valence-electron chi connectivity index (χ0n) is 12.4. The van der Waals surface area contributed by atoms with Crippen molar-refractivity contribution in [3.63, 3.8) is 0 Å². The van der Waals surface area contributed by atoms with E-state index in [0.29, 0.717) is 19.0 Å². The first-order valence-electron chi connectivity index (χ1n) is 6.77. The van der Waals surface area contributed by atoms with Gasteiger partial charge in [0.05, 0.1) is 6.07 Å². The SMILES string of the molecule is CCC(C)(C#N)C(=O)NCCCCN(C)C(C)C. The summed E-state index contributed by atoms with van der Waals surface area (Å²) in [6, 6.07) is 2.64. The predicted octanol–water partition coefficient (Wildman–Crippen LogP) is 2.16. The third-order valence-electron chi connectivity index (χ3n) is 3.56. The van der Waals surface area contributed by atoms with Crippen LogP contribution in [0.5, 0.6) is 0 Å². The summed E-state index contributed by atoms with van der Waals surface area (Å²) in [4.78, 5) is 14.1. The Bertz CT molecular complexity index is 296. The molecule has 0 bridgehead atoms. The Hall–Kier alpha value is -1.08. The Morgan fingerprint density at radius 2 is 2.06 bits per heavy atom. The van der Waals surface area contributed by atoms with Crippen molar-refractivity contribution in [3.8, 4) is 6.07 Å². The van der Waals surface area contributed by atoms with Crippen LogP contribution in [0.25, 0.3) is 0 Å². The number of hydrogen-bond donors (Lipinski definition) is 1. The largest absolute Gasteiger partial charge is 0.355 e. The summed E-state index contributed by atoms with van der Waals surface area (Å²) in [6.07, 6.45) is 2.56. The van der Waals surface area contributed by atoms with Crippen molar-refractivity contribution in [1.29, 1.82) is 5.26 Å². The minimum Gasteiger partial charge on any atom is -0.355 e. The number of nitrogens with one attached hydrogen (secondary N) is 1. The molecule has 0 aromatic carbocycles. The standard InChI is InChI=1S/C14H27N3O/c1-6-14(4,11-15)13(18)16-9-7-8-10-17(5)12(2)3/h12H,6-10H2,1-5H3,(H,16,18). The first-order chi connectivity index (χ1) is 8.37. The topological polar surface area (TPSA) is 56.1 Å². The van der Waals surface area contributed by atoms with E-state index in [2.05, 4.69) is 37.2 Å². The van der Waals surface area contributed by atoms with E-state index < -0.39 is 5.41 Å². The van der Waals surface area contributed by atoms with Crippen LogP contribution in [0, 0.1) is 16.7 Å². The minimum atomic E-state index is -0.880. The lowest BCUT2D eigenvalue weighted by molar-refractivity contribution is -0.127. The number of rotatable bonds is 8. The van der Waals surface area contributed by atoms with Crippen LogP contribution in [0.4, 0.5) is 0 Å². The lowest BCUT2D eigenvalue weighted by atomic mass is 9.88. The van der Waals surface area contributed by atoms with E-state index in [1.165, 1.54) is 0 Å². The summed E-state index contributed by atoms with van der Waals surface area (Å²) in [5.41, 5.74) is -0.880. The van der Waals surface area contributed by atoms with E-state index in [4.69, 9.17) is 5.26 Å². The molecule has 0 rings (SSSR count). The number of amides is 1. The molecule has 0 fully saturated rings. The van der Waals surface area contributed by atoms with Gasteiger partial charge in [0.1, 0.15) is 5.41 Å². The molecule has 0 spiro atoms. The van der Waals surface area contributed by atoms with Gasteiger partial charge < -0.3 is 10.2 Å². The van der Waals surface area contributed by atoms with E-state index in [-0.39, 0.29) is 5.91 Å². The number of nitrogens with zero attached hydrogens (tertiary/aromatic N) is 2. The lowest BCUT2D eigenvalue weighted by Crippen LogP contribution is -2.38. The molecule has 0 aliphatic carbocycles. The van der Waals surface area contributed by atoms with Gasteiger partial charge in [0.15, 0.2) is 0 Å². The molecule has 1 N–H and O–H groups in total. The normalized spacial score (nSPS) is 14.3. The summed E-state index contributed by atoms with van der Waals surface area (Å²) in [6.45, 7) is 9.58. The van der Waals surface area contributed by atoms with Gasteiger partial charge in [-0.15, -0.1) is 0 Å². The molecule has 1 atom stereocenters. The number of carbonyl (C=O) groups is 1. The van der Waals surface area contributed by atoms with Gasteiger partial charge >= 0.3 is 0 Å². The van der Waals surface area contributed by atoms with Gasteiger partial charge in [0.25, 0.3) is 0 Å². The van der Waals surface area contributed by atoms with Crippen LogP contribution >= 0.6 is 0 Å². The summed E-state index contributed by atoms with van der Waals surface area (Å²) < 4.78 is 0. The van der Waals surface area contributed by atoms with Gasteiger partial charge in [-0.2, -0.15) is 5.26 Å². The molecule has 18 heavy (non-hydrogen) atoms. The number of hydrogen-bond acceptors (Lipinski definition) is 3. The zero-order valence-corrected chi connectivity index (χ0v) is 12.4. The summed E-state index contributed by atoms with van der Waals surface area (Å²) in [5.74, 6) is -0.148.